The molecule has 0 amide bonds. The van der Waals surface area contributed by atoms with E-state index in [0.717, 1.165) is 23.6 Å². The minimum Gasteiger partial charge on any atom is -0.480 e. The number of anilines is 1. The average Bonchev–Trinajstić information content (AvgIpc) is 3.19. The Kier molecular flexibility index (Phi) is 4.50. The van der Waals surface area contributed by atoms with E-state index in [1.54, 1.807) is 26.6 Å². The SMILES string of the molecule is COCCN(Cc1csnc1OC)c1ccnc2ccnn12. The van der Waals surface area contributed by atoms with Gasteiger partial charge in [-0.1, -0.05) is 0 Å². The van der Waals surface area contributed by atoms with Gasteiger partial charge in [-0.05, 0) is 17.6 Å². The van der Waals surface area contributed by atoms with Crippen LogP contribution in [0.2, 0.25) is 0 Å². The molecule has 22 heavy (non-hydrogen) atoms. The Bertz CT molecular complexity index is 742. The number of rotatable bonds is 7. The van der Waals surface area contributed by atoms with Gasteiger partial charge < -0.3 is 14.4 Å². The molecule has 116 valence electrons. The second kappa shape index (κ2) is 6.71. The van der Waals surface area contributed by atoms with Crippen LogP contribution in [0.15, 0.2) is 29.9 Å². The minimum absolute atomic E-state index is 0.616. The predicted molar refractivity (Wildman–Crippen MR) is 84.6 cm³/mol. The maximum atomic E-state index is 5.31. The lowest BCUT2D eigenvalue weighted by atomic mass is 10.3. The van der Waals surface area contributed by atoms with Crippen LogP contribution in [0, 0.1) is 0 Å². The quantitative estimate of drug-likeness (QED) is 0.662. The molecule has 0 aliphatic heterocycles. The summed E-state index contributed by atoms with van der Waals surface area (Å²) in [6.07, 6.45) is 3.53. The fraction of sp³-hybridized carbons (Fsp3) is 0.357. The Morgan fingerprint density at radius 3 is 3.00 bits per heavy atom. The van der Waals surface area contributed by atoms with Crippen LogP contribution >= 0.6 is 11.5 Å². The van der Waals surface area contributed by atoms with Crippen molar-refractivity contribution in [3.63, 3.8) is 0 Å². The standard InChI is InChI=1S/C14H17N5O2S/c1-20-8-7-18(9-11-10-22-17-14(11)21-2)13-4-5-15-12-3-6-16-19(12)13/h3-6,10H,7-9H2,1-2H3. The van der Waals surface area contributed by atoms with Crippen LogP contribution in [-0.2, 0) is 11.3 Å². The Morgan fingerprint density at radius 1 is 1.27 bits per heavy atom. The number of aromatic nitrogens is 4. The smallest absolute Gasteiger partial charge is 0.229 e. The van der Waals surface area contributed by atoms with Crippen molar-refractivity contribution in [3.05, 3.63) is 35.5 Å². The number of hydrogen-bond donors (Lipinski definition) is 0. The normalized spacial score (nSPS) is 11.0. The number of hydrogen-bond acceptors (Lipinski definition) is 7. The summed E-state index contributed by atoms with van der Waals surface area (Å²) in [5.74, 6) is 1.62. The largest absolute Gasteiger partial charge is 0.480 e. The van der Waals surface area contributed by atoms with Gasteiger partial charge >= 0.3 is 0 Å². The molecular formula is C14H17N5O2S. The zero-order valence-corrected chi connectivity index (χ0v) is 13.3. The fourth-order valence-corrected chi connectivity index (χ4v) is 2.91. The molecule has 0 atom stereocenters. The summed E-state index contributed by atoms with van der Waals surface area (Å²) < 4.78 is 16.6. The van der Waals surface area contributed by atoms with E-state index >= 15 is 0 Å². The molecule has 0 radical (unpaired) electrons. The lowest BCUT2D eigenvalue weighted by molar-refractivity contribution is 0.204. The van der Waals surface area contributed by atoms with Crippen LogP contribution in [0.5, 0.6) is 5.88 Å². The van der Waals surface area contributed by atoms with Gasteiger partial charge in [-0.3, -0.25) is 0 Å². The zero-order chi connectivity index (χ0) is 15.4. The van der Waals surface area contributed by atoms with E-state index in [4.69, 9.17) is 9.47 Å². The highest BCUT2D eigenvalue weighted by Crippen LogP contribution is 2.23. The van der Waals surface area contributed by atoms with Crippen molar-refractivity contribution < 1.29 is 9.47 Å². The molecule has 3 heterocycles. The molecule has 0 saturated carbocycles. The molecule has 0 bridgehead atoms. The summed E-state index contributed by atoms with van der Waals surface area (Å²) in [5, 5.41) is 6.35. The van der Waals surface area contributed by atoms with Crippen molar-refractivity contribution in [1.29, 1.82) is 0 Å². The fourth-order valence-electron chi connectivity index (χ4n) is 2.26. The Hall–Kier alpha value is -2.19. The maximum Gasteiger partial charge on any atom is 0.229 e. The summed E-state index contributed by atoms with van der Waals surface area (Å²) >= 11 is 1.39. The van der Waals surface area contributed by atoms with E-state index < -0.39 is 0 Å². The van der Waals surface area contributed by atoms with Crippen molar-refractivity contribution in [2.45, 2.75) is 6.54 Å². The van der Waals surface area contributed by atoms with Gasteiger partial charge in [-0.2, -0.15) is 14.0 Å². The first-order valence-electron chi connectivity index (χ1n) is 6.83. The molecule has 0 unspecified atom stereocenters. The number of ether oxygens (including phenoxy) is 2. The molecule has 3 rings (SSSR count). The molecule has 0 aromatic carbocycles. The first kappa shape index (κ1) is 14.7. The Labute approximate surface area is 132 Å². The lowest BCUT2D eigenvalue weighted by Gasteiger charge is -2.24. The van der Waals surface area contributed by atoms with Crippen molar-refractivity contribution >= 4 is 23.0 Å². The molecule has 0 aliphatic rings. The molecule has 0 fully saturated rings. The topological polar surface area (TPSA) is 64.8 Å². The third-order valence-corrected chi connectivity index (χ3v) is 3.98. The summed E-state index contributed by atoms with van der Waals surface area (Å²) in [5.41, 5.74) is 1.86. The molecule has 0 saturated heterocycles. The highest BCUT2D eigenvalue weighted by Gasteiger charge is 2.15. The van der Waals surface area contributed by atoms with E-state index in [2.05, 4.69) is 19.4 Å². The van der Waals surface area contributed by atoms with Crippen LogP contribution in [0.1, 0.15) is 5.56 Å². The minimum atomic E-state index is 0.616. The third-order valence-electron chi connectivity index (χ3n) is 3.32. The molecule has 3 aromatic rings. The lowest BCUT2D eigenvalue weighted by Crippen LogP contribution is -2.28. The highest BCUT2D eigenvalue weighted by atomic mass is 32.1. The van der Waals surface area contributed by atoms with E-state index in [1.807, 2.05) is 22.0 Å². The van der Waals surface area contributed by atoms with Gasteiger partial charge in [0, 0.05) is 36.9 Å². The third kappa shape index (κ3) is 2.88. The van der Waals surface area contributed by atoms with Crippen LogP contribution in [0.3, 0.4) is 0 Å². The first-order valence-corrected chi connectivity index (χ1v) is 7.67. The van der Waals surface area contributed by atoms with Gasteiger partial charge in [0.15, 0.2) is 5.65 Å². The van der Waals surface area contributed by atoms with Crippen molar-refractivity contribution in [2.24, 2.45) is 0 Å². The molecule has 0 aliphatic carbocycles. The van der Waals surface area contributed by atoms with Crippen LogP contribution in [0.4, 0.5) is 5.82 Å². The van der Waals surface area contributed by atoms with E-state index in [0.29, 0.717) is 19.0 Å². The van der Waals surface area contributed by atoms with Crippen molar-refractivity contribution in [1.82, 2.24) is 19.0 Å². The highest BCUT2D eigenvalue weighted by molar-refractivity contribution is 7.03. The molecular weight excluding hydrogens is 302 g/mol. The Morgan fingerprint density at radius 2 is 2.18 bits per heavy atom. The van der Waals surface area contributed by atoms with Crippen molar-refractivity contribution in [2.75, 3.05) is 32.3 Å². The van der Waals surface area contributed by atoms with Gasteiger partial charge in [-0.25, -0.2) is 4.98 Å². The molecule has 3 aromatic heterocycles. The summed E-state index contributed by atoms with van der Waals surface area (Å²) in [7, 11) is 3.33. The second-order valence-corrected chi connectivity index (χ2v) is 5.30. The molecule has 0 spiro atoms. The van der Waals surface area contributed by atoms with Crippen molar-refractivity contribution in [3.8, 4) is 5.88 Å². The monoisotopic (exact) mass is 319 g/mol. The van der Waals surface area contributed by atoms with Crippen LogP contribution < -0.4 is 9.64 Å². The van der Waals surface area contributed by atoms with Crippen LogP contribution in [-0.4, -0.2) is 46.3 Å². The van der Waals surface area contributed by atoms with Gasteiger partial charge in [0.05, 0.1) is 26.5 Å². The van der Waals surface area contributed by atoms with Gasteiger partial charge in [0.1, 0.15) is 5.82 Å². The van der Waals surface area contributed by atoms with E-state index in [-0.39, 0.29) is 0 Å². The van der Waals surface area contributed by atoms with Gasteiger partial charge in [0.2, 0.25) is 5.88 Å². The zero-order valence-electron chi connectivity index (χ0n) is 12.5. The molecule has 8 heteroatoms. The van der Waals surface area contributed by atoms with Gasteiger partial charge in [0.25, 0.3) is 0 Å². The number of nitrogens with zero attached hydrogens (tertiary/aromatic N) is 5. The second-order valence-electron chi connectivity index (χ2n) is 4.67. The summed E-state index contributed by atoms with van der Waals surface area (Å²) in [6, 6.07) is 3.83. The summed E-state index contributed by atoms with van der Waals surface area (Å²) in [4.78, 5) is 6.48. The van der Waals surface area contributed by atoms with Gasteiger partial charge in [-0.15, -0.1) is 0 Å². The summed E-state index contributed by atoms with van der Waals surface area (Å²) in [6.45, 7) is 2.02. The number of fused-ring (bicyclic) bond motifs is 1. The average molecular weight is 319 g/mol. The maximum absolute atomic E-state index is 5.31. The van der Waals surface area contributed by atoms with Crippen LogP contribution in [0.25, 0.3) is 5.65 Å². The first-order chi connectivity index (χ1) is 10.8. The molecule has 0 N–H and O–H groups in total. The van der Waals surface area contributed by atoms with E-state index in [9.17, 15) is 0 Å². The predicted octanol–water partition coefficient (Wildman–Crippen LogP) is 1.85. The number of methoxy groups -OCH3 is 2. The Balaban J connectivity index is 1.94. The molecule has 7 nitrogen and oxygen atoms in total. The van der Waals surface area contributed by atoms with E-state index in [1.165, 1.54) is 11.5 Å².